The van der Waals surface area contributed by atoms with Gasteiger partial charge in [-0.3, -0.25) is 9.29 Å². The van der Waals surface area contributed by atoms with Gasteiger partial charge in [-0.15, -0.1) is 10.2 Å². The van der Waals surface area contributed by atoms with E-state index in [1.807, 2.05) is 0 Å². The number of aliphatic hydroxyl groups excluding tert-OH is 1. The van der Waals surface area contributed by atoms with Gasteiger partial charge in [0, 0.05) is 32.0 Å². The summed E-state index contributed by atoms with van der Waals surface area (Å²) < 4.78 is 47.3. The van der Waals surface area contributed by atoms with Crippen molar-refractivity contribution >= 4 is 27.6 Å². The third-order valence-electron chi connectivity index (χ3n) is 6.21. The average molecular weight is 555 g/mol. The lowest BCUT2D eigenvalue weighted by molar-refractivity contribution is 0.0950. The average Bonchev–Trinajstić information content (AvgIpc) is 3.25. The molecule has 0 unspecified atom stereocenters. The molecule has 0 radical (unpaired) electrons. The minimum atomic E-state index is -4.14. The van der Waals surface area contributed by atoms with Crippen molar-refractivity contribution in [1.29, 1.82) is 0 Å². The highest BCUT2D eigenvalue weighted by atomic mass is 35.5. The normalized spacial score (nSPS) is 19.1. The number of nitrogens with zero attached hydrogens (tertiary/aromatic N) is 7. The summed E-state index contributed by atoms with van der Waals surface area (Å²) in [5.41, 5.74) is 0.231. The van der Waals surface area contributed by atoms with Gasteiger partial charge in [-0.05, 0) is 25.7 Å². The molecule has 0 amide bonds. The summed E-state index contributed by atoms with van der Waals surface area (Å²) in [5, 5.41) is 17.1. The molecule has 0 spiro atoms. The molecular formula is C21H27ClN8O6S. The summed E-state index contributed by atoms with van der Waals surface area (Å²) in [6.45, 7) is 1.51. The molecule has 4 rings (SSSR count). The molecule has 37 heavy (non-hydrogen) atoms. The minimum absolute atomic E-state index is 0.0495. The number of hydrogen-bond donors (Lipinski definition) is 2. The summed E-state index contributed by atoms with van der Waals surface area (Å²) in [4.78, 5) is 16.5. The molecular weight excluding hydrogens is 528 g/mol. The van der Waals surface area contributed by atoms with Gasteiger partial charge in [0.15, 0.2) is 11.5 Å². The van der Waals surface area contributed by atoms with Crippen molar-refractivity contribution in [2.24, 2.45) is 5.92 Å². The van der Waals surface area contributed by atoms with Gasteiger partial charge in [-0.1, -0.05) is 11.6 Å². The zero-order valence-electron chi connectivity index (χ0n) is 20.6. The molecule has 0 bridgehead atoms. The highest BCUT2D eigenvalue weighted by molar-refractivity contribution is 7.93. The van der Waals surface area contributed by atoms with Gasteiger partial charge in [0.2, 0.25) is 27.7 Å². The number of sulfonamides is 1. The second kappa shape index (κ2) is 11.1. The number of nitrogens with one attached hydrogen (secondary N) is 1. The Bertz CT molecular complexity index is 1310. The molecule has 3 aromatic rings. The molecule has 1 saturated carbocycles. The van der Waals surface area contributed by atoms with E-state index in [2.05, 4.69) is 34.9 Å². The van der Waals surface area contributed by atoms with Crippen LogP contribution in [0.5, 0.6) is 11.8 Å². The fourth-order valence-electron chi connectivity index (χ4n) is 4.14. The molecule has 3 aromatic heterocycles. The Balaban J connectivity index is 1.76. The number of methoxy groups -OCH3 is 3. The Kier molecular flexibility index (Phi) is 8.06. The summed E-state index contributed by atoms with van der Waals surface area (Å²) in [6, 6.07) is 0. The zero-order chi connectivity index (χ0) is 26.7. The highest BCUT2D eigenvalue weighted by Crippen LogP contribution is 2.43. The molecule has 3 heterocycles. The van der Waals surface area contributed by atoms with Crippen LogP contribution in [-0.2, 0) is 14.8 Å². The monoisotopic (exact) mass is 554 g/mol. The van der Waals surface area contributed by atoms with E-state index in [0.717, 1.165) is 0 Å². The van der Waals surface area contributed by atoms with Crippen LogP contribution >= 0.6 is 11.6 Å². The molecule has 14 nitrogen and oxygen atoms in total. The fourth-order valence-corrected chi connectivity index (χ4v) is 5.37. The maximum Gasteiger partial charge on any atom is 0.245 e. The molecule has 1 fully saturated rings. The number of aliphatic hydroxyl groups is 1. The van der Waals surface area contributed by atoms with Crippen LogP contribution in [0.4, 0.5) is 5.95 Å². The first-order chi connectivity index (χ1) is 17.7. The van der Waals surface area contributed by atoms with Crippen LogP contribution in [0.3, 0.4) is 0 Å². The van der Waals surface area contributed by atoms with Crippen molar-refractivity contribution in [3.05, 3.63) is 35.4 Å². The summed E-state index contributed by atoms with van der Waals surface area (Å²) >= 11 is 5.87. The van der Waals surface area contributed by atoms with Gasteiger partial charge < -0.3 is 19.3 Å². The number of halogens is 1. The van der Waals surface area contributed by atoms with Crippen molar-refractivity contribution in [2.45, 2.75) is 37.0 Å². The number of hydrogen-bond acceptors (Lipinski definition) is 12. The fraction of sp³-hybridized carbons (Fsp3) is 0.524. The van der Waals surface area contributed by atoms with Crippen molar-refractivity contribution in [3.63, 3.8) is 0 Å². The van der Waals surface area contributed by atoms with Gasteiger partial charge in [0.25, 0.3) is 0 Å². The van der Waals surface area contributed by atoms with Crippen LogP contribution in [0.25, 0.3) is 5.69 Å². The van der Waals surface area contributed by atoms with E-state index in [0.29, 0.717) is 23.7 Å². The van der Waals surface area contributed by atoms with Gasteiger partial charge >= 0.3 is 0 Å². The Hall–Kier alpha value is -3.14. The summed E-state index contributed by atoms with van der Waals surface area (Å²) in [7, 11) is 0.0554. The smallest absolute Gasteiger partial charge is 0.245 e. The minimum Gasteiger partial charge on any atom is -0.479 e. The highest BCUT2D eigenvalue weighted by Gasteiger charge is 2.38. The Morgan fingerprint density at radius 1 is 1.11 bits per heavy atom. The number of rotatable bonds is 11. The van der Waals surface area contributed by atoms with Crippen molar-refractivity contribution in [1.82, 2.24) is 34.7 Å². The quantitative estimate of drug-likeness (QED) is 0.350. The maximum absolute atomic E-state index is 13.5. The maximum atomic E-state index is 13.5. The second-order valence-corrected chi connectivity index (χ2v) is 10.9. The van der Waals surface area contributed by atoms with E-state index >= 15 is 0 Å². The topological polar surface area (TPSA) is 176 Å². The van der Waals surface area contributed by atoms with E-state index in [-0.39, 0.29) is 47.7 Å². The number of anilines is 1. The molecule has 2 N–H and O–H groups in total. The van der Waals surface area contributed by atoms with Gasteiger partial charge in [0.1, 0.15) is 23.5 Å². The van der Waals surface area contributed by atoms with Crippen LogP contribution < -0.4 is 14.2 Å². The van der Waals surface area contributed by atoms with E-state index in [1.165, 1.54) is 51.5 Å². The first kappa shape index (κ1) is 26.9. The van der Waals surface area contributed by atoms with Gasteiger partial charge in [-0.25, -0.2) is 18.4 Å². The Morgan fingerprint density at radius 2 is 1.73 bits per heavy atom. The molecule has 2 atom stereocenters. The third kappa shape index (κ3) is 5.30. The van der Waals surface area contributed by atoms with E-state index in [9.17, 15) is 13.5 Å². The van der Waals surface area contributed by atoms with Crippen LogP contribution in [0, 0.1) is 5.92 Å². The molecule has 0 saturated heterocycles. The van der Waals surface area contributed by atoms with Crippen LogP contribution in [0.15, 0.2) is 18.7 Å². The lowest BCUT2D eigenvalue weighted by Crippen LogP contribution is -2.34. The predicted octanol–water partition coefficient (Wildman–Crippen LogP) is 1.52. The third-order valence-corrected chi connectivity index (χ3v) is 8.10. The lowest BCUT2D eigenvalue weighted by Gasteiger charge is -2.33. The number of aromatic nitrogens is 7. The lowest BCUT2D eigenvalue weighted by atomic mass is 9.75. The molecule has 1 aliphatic rings. The molecule has 0 aliphatic heterocycles. The molecule has 0 aromatic carbocycles. The van der Waals surface area contributed by atoms with E-state index < -0.39 is 21.4 Å². The largest absolute Gasteiger partial charge is 0.479 e. The van der Waals surface area contributed by atoms with Crippen molar-refractivity contribution in [2.75, 3.05) is 32.7 Å². The standard InChI is InChI=1S/C21H27ClN8O6S/c1-11(16(34-2)17-23-7-14(22)8-24-17)37(32,33)29-21-28-27-18(13-5-12(6-13)9-31)30(21)15-19(35-3)25-10-26-20(15)36-4/h7-8,10-13,16,31H,5-6,9H2,1-4H3,(H,28,29)/t11-,12?,13?,16-/m0/s1. The molecule has 1 aliphatic carbocycles. The predicted molar refractivity (Wildman–Crippen MR) is 131 cm³/mol. The molecule has 200 valence electrons. The van der Waals surface area contributed by atoms with Crippen LogP contribution in [-0.4, -0.2) is 81.4 Å². The molecule has 16 heteroatoms. The van der Waals surface area contributed by atoms with E-state index in [1.54, 1.807) is 0 Å². The summed E-state index contributed by atoms with van der Waals surface area (Å²) in [6.07, 6.45) is 4.27. The first-order valence-corrected chi connectivity index (χ1v) is 13.2. The van der Waals surface area contributed by atoms with Gasteiger partial charge in [-0.2, -0.15) is 9.97 Å². The first-order valence-electron chi connectivity index (χ1n) is 11.2. The van der Waals surface area contributed by atoms with Crippen molar-refractivity contribution in [3.8, 4) is 17.4 Å². The zero-order valence-corrected chi connectivity index (χ0v) is 22.1. The Labute approximate surface area is 218 Å². The second-order valence-electron chi connectivity index (χ2n) is 8.44. The van der Waals surface area contributed by atoms with Crippen molar-refractivity contribution < 1.29 is 27.7 Å². The van der Waals surface area contributed by atoms with Crippen LogP contribution in [0.2, 0.25) is 5.02 Å². The Morgan fingerprint density at radius 3 is 2.27 bits per heavy atom. The SMILES string of the molecule is COc1ncnc(OC)c1-n1c(NS(=O)(=O)[C@@H](C)[C@H](OC)c2ncc(Cl)cn2)nnc1C1CC(CO)C1. The van der Waals surface area contributed by atoms with Gasteiger partial charge in [0.05, 0.1) is 19.2 Å². The summed E-state index contributed by atoms with van der Waals surface area (Å²) in [5.74, 6) is 0.763. The van der Waals surface area contributed by atoms with E-state index in [4.69, 9.17) is 25.8 Å². The number of ether oxygens (including phenoxy) is 3. The van der Waals surface area contributed by atoms with Crippen LogP contribution in [0.1, 0.15) is 43.4 Å².